The lowest BCUT2D eigenvalue weighted by molar-refractivity contribution is -0.138. The molecule has 3 nitrogen and oxygen atoms in total. The Morgan fingerprint density at radius 2 is 1.37 bits per heavy atom. The van der Waals surface area contributed by atoms with Crippen molar-refractivity contribution in [1.29, 1.82) is 0 Å². The summed E-state index contributed by atoms with van der Waals surface area (Å²) in [6, 6.07) is 0. The van der Waals surface area contributed by atoms with Gasteiger partial charge in [-0.2, -0.15) is 0 Å². The number of carbonyl (C=O) groups excluding carboxylic acids is 1. The average Bonchev–Trinajstić information content (AvgIpc) is 2.38. The normalized spacial score (nSPS) is 11.4. The molecule has 0 saturated carbocycles. The van der Waals surface area contributed by atoms with Crippen molar-refractivity contribution >= 4 is 5.97 Å². The molecule has 0 fully saturated rings. The van der Waals surface area contributed by atoms with Crippen LogP contribution in [0.25, 0.3) is 0 Å². The van der Waals surface area contributed by atoms with E-state index in [2.05, 4.69) is 13.8 Å². The van der Waals surface area contributed by atoms with E-state index in [1.54, 1.807) is 6.92 Å². The molecule has 3 heteroatoms. The molecule has 0 radical (unpaired) electrons. The first-order chi connectivity index (χ1) is 9.20. The van der Waals surface area contributed by atoms with Crippen LogP contribution in [-0.4, -0.2) is 19.2 Å². The summed E-state index contributed by atoms with van der Waals surface area (Å²) < 4.78 is 10.6. The standard InChI is InChI=1S/C16H30O3/c1-4-6-8-10-12-18-15(3)14-16(17)19-13-11-9-7-5-2/h14H,4-13H2,1-3H3/b15-14-. The van der Waals surface area contributed by atoms with Crippen LogP contribution in [0.3, 0.4) is 0 Å². The highest BCUT2D eigenvalue weighted by Gasteiger charge is 2.00. The predicted molar refractivity (Wildman–Crippen MR) is 79.0 cm³/mol. The van der Waals surface area contributed by atoms with Crippen molar-refractivity contribution in [1.82, 2.24) is 0 Å². The maximum atomic E-state index is 11.4. The van der Waals surface area contributed by atoms with Gasteiger partial charge in [0.1, 0.15) is 5.76 Å². The van der Waals surface area contributed by atoms with Crippen LogP contribution in [0.15, 0.2) is 11.8 Å². The summed E-state index contributed by atoms with van der Waals surface area (Å²) in [5.41, 5.74) is 0. The van der Waals surface area contributed by atoms with Gasteiger partial charge in [0.25, 0.3) is 0 Å². The molecule has 0 N–H and O–H groups in total. The van der Waals surface area contributed by atoms with Crippen LogP contribution in [0.4, 0.5) is 0 Å². The third kappa shape index (κ3) is 13.2. The second kappa shape index (κ2) is 13.4. The van der Waals surface area contributed by atoms with E-state index >= 15 is 0 Å². The molecular weight excluding hydrogens is 240 g/mol. The van der Waals surface area contributed by atoms with Gasteiger partial charge >= 0.3 is 5.97 Å². The van der Waals surface area contributed by atoms with Gasteiger partial charge in [0.15, 0.2) is 0 Å². The molecule has 0 saturated heterocycles. The molecule has 0 atom stereocenters. The van der Waals surface area contributed by atoms with E-state index < -0.39 is 0 Å². The SMILES string of the molecule is CCCCCCOC(=O)/C=C(/C)OCCCCCC. The Balaban J connectivity index is 3.55. The van der Waals surface area contributed by atoms with Gasteiger partial charge < -0.3 is 9.47 Å². The molecule has 0 aromatic heterocycles. The summed E-state index contributed by atoms with van der Waals surface area (Å²) in [4.78, 5) is 11.4. The third-order valence-electron chi connectivity index (χ3n) is 2.89. The lowest BCUT2D eigenvalue weighted by Gasteiger charge is -2.06. The molecule has 0 unspecified atom stereocenters. The van der Waals surface area contributed by atoms with Crippen molar-refractivity contribution in [2.45, 2.75) is 72.1 Å². The van der Waals surface area contributed by atoms with Gasteiger partial charge in [0.05, 0.1) is 19.3 Å². The largest absolute Gasteiger partial charge is 0.498 e. The van der Waals surface area contributed by atoms with Crippen LogP contribution < -0.4 is 0 Å². The molecule has 0 bridgehead atoms. The second-order valence-corrected chi connectivity index (χ2v) is 4.89. The summed E-state index contributed by atoms with van der Waals surface area (Å²) in [6.07, 6.45) is 10.6. The van der Waals surface area contributed by atoms with Crippen LogP contribution >= 0.6 is 0 Å². The quantitative estimate of drug-likeness (QED) is 0.225. The number of esters is 1. The van der Waals surface area contributed by atoms with Crippen LogP contribution in [-0.2, 0) is 14.3 Å². The smallest absolute Gasteiger partial charge is 0.334 e. The number of carbonyl (C=O) groups is 1. The van der Waals surface area contributed by atoms with Gasteiger partial charge in [-0.1, -0.05) is 52.4 Å². The highest BCUT2D eigenvalue weighted by Crippen LogP contribution is 2.04. The number of rotatable bonds is 12. The maximum Gasteiger partial charge on any atom is 0.334 e. The van der Waals surface area contributed by atoms with Crippen LogP contribution in [0.1, 0.15) is 72.1 Å². The van der Waals surface area contributed by atoms with E-state index in [0.29, 0.717) is 19.0 Å². The molecule has 0 aliphatic carbocycles. The fourth-order valence-electron chi connectivity index (χ4n) is 1.71. The maximum absolute atomic E-state index is 11.4. The van der Waals surface area contributed by atoms with Gasteiger partial charge in [-0.05, 0) is 19.8 Å². The number of allylic oxidation sites excluding steroid dienone is 1. The van der Waals surface area contributed by atoms with Gasteiger partial charge in [0.2, 0.25) is 0 Å². The van der Waals surface area contributed by atoms with Gasteiger partial charge in [-0.3, -0.25) is 0 Å². The Hall–Kier alpha value is -0.990. The molecular formula is C16H30O3. The number of unbranched alkanes of at least 4 members (excludes halogenated alkanes) is 6. The summed E-state index contributed by atoms with van der Waals surface area (Å²) in [5, 5.41) is 0. The monoisotopic (exact) mass is 270 g/mol. The highest BCUT2D eigenvalue weighted by molar-refractivity contribution is 5.82. The fourth-order valence-corrected chi connectivity index (χ4v) is 1.71. The first-order valence-corrected chi connectivity index (χ1v) is 7.68. The van der Waals surface area contributed by atoms with E-state index in [1.165, 1.54) is 38.2 Å². The summed E-state index contributed by atoms with van der Waals surface area (Å²) >= 11 is 0. The zero-order valence-corrected chi connectivity index (χ0v) is 12.9. The Bertz CT molecular complexity index is 246. The van der Waals surface area contributed by atoms with E-state index in [-0.39, 0.29) is 5.97 Å². The Labute approximate surface area is 118 Å². The summed E-state index contributed by atoms with van der Waals surface area (Å²) in [6.45, 7) is 7.35. The fraction of sp³-hybridized carbons (Fsp3) is 0.812. The van der Waals surface area contributed by atoms with Gasteiger partial charge in [-0.25, -0.2) is 4.79 Å². The minimum Gasteiger partial charge on any atom is -0.498 e. The van der Waals surface area contributed by atoms with Crippen molar-refractivity contribution < 1.29 is 14.3 Å². The summed E-state index contributed by atoms with van der Waals surface area (Å²) in [5.74, 6) is 0.359. The Kier molecular flexibility index (Phi) is 12.7. The minimum absolute atomic E-state index is 0.289. The van der Waals surface area contributed by atoms with Crippen LogP contribution in [0, 0.1) is 0 Å². The lowest BCUT2D eigenvalue weighted by Crippen LogP contribution is -2.04. The van der Waals surface area contributed by atoms with E-state index in [1.807, 2.05) is 0 Å². The molecule has 0 amide bonds. The third-order valence-corrected chi connectivity index (χ3v) is 2.89. The van der Waals surface area contributed by atoms with E-state index in [4.69, 9.17) is 9.47 Å². The van der Waals surface area contributed by atoms with Crippen molar-refractivity contribution in [2.75, 3.05) is 13.2 Å². The van der Waals surface area contributed by atoms with Crippen molar-refractivity contribution in [3.05, 3.63) is 11.8 Å². The lowest BCUT2D eigenvalue weighted by atomic mass is 10.2. The van der Waals surface area contributed by atoms with Gasteiger partial charge in [0, 0.05) is 0 Å². The average molecular weight is 270 g/mol. The molecule has 0 aliphatic rings. The first-order valence-electron chi connectivity index (χ1n) is 7.68. The number of hydrogen-bond donors (Lipinski definition) is 0. The molecule has 112 valence electrons. The van der Waals surface area contributed by atoms with Crippen LogP contribution in [0.5, 0.6) is 0 Å². The predicted octanol–water partition coefficient (Wildman–Crippen LogP) is 4.61. The zero-order valence-electron chi connectivity index (χ0n) is 12.9. The molecule has 0 aromatic rings. The van der Waals surface area contributed by atoms with Crippen LogP contribution in [0.2, 0.25) is 0 Å². The topological polar surface area (TPSA) is 35.5 Å². The Morgan fingerprint density at radius 1 is 0.842 bits per heavy atom. The number of hydrogen-bond acceptors (Lipinski definition) is 3. The molecule has 0 rings (SSSR count). The molecule has 0 heterocycles. The number of ether oxygens (including phenoxy) is 2. The minimum atomic E-state index is -0.289. The molecule has 0 aromatic carbocycles. The zero-order chi connectivity index (χ0) is 14.3. The Morgan fingerprint density at radius 3 is 1.89 bits per heavy atom. The molecule has 0 aliphatic heterocycles. The first kappa shape index (κ1) is 18.0. The van der Waals surface area contributed by atoms with E-state index in [0.717, 1.165) is 19.3 Å². The van der Waals surface area contributed by atoms with Gasteiger partial charge in [-0.15, -0.1) is 0 Å². The second-order valence-electron chi connectivity index (χ2n) is 4.89. The summed E-state index contributed by atoms with van der Waals surface area (Å²) in [7, 11) is 0. The molecule has 0 spiro atoms. The van der Waals surface area contributed by atoms with Crippen molar-refractivity contribution in [2.24, 2.45) is 0 Å². The van der Waals surface area contributed by atoms with Crippen molar-refractivity contribution in [3.63, 3.8) is 0 Å². The molecule has 19 heavy (non-hydrogen) atoms. The van der Waals surface area contributed by atoms with E-state index in [9.17, 15) is 4.79 Å². The van der Waals surface area contributed by atoms with Crippen molar-refractivity contribution in [3.8, 4) is 0 Å². The highest BCUT2D eigenvalue weighted by atomic mass is 16.5.